The fourth-order valence-corrected chi connectivity index (χ4v) is 2.64. The Morgan fingerprint density at radius 2 is 1.96 bits per heavy atom. The molecule has 2 amide bonds. The summed E-state index contributed by atoms with van der Waals surface area (Å²) in [7, 11) is 0. The van der Waals surface area contributed by atoms with E-state index in [2.05, 4.69) is 21.2 Å². The SMILES string of the molecule is CC(=O)Nc1ccc(-c2csc(NNC(=O)c3ccco3)n2)cc1. The van der Waals surface area contributed by atoms with Gasteiger partial charge in [0.05, 0.1) is 12.0 Å². The third-order valence-electron chi connectivity index (χ3n) is 3.03. The second-order valence-corrected chi connectivity index (χ2v) is 5.71. The summed E-state index contributed by atoms with van der Waals surface area (Å²) in [6.45, 7) is 1.46. The minimum atomic E-state index is -0.378. The van der Waals surface area contributed by atoms with Crippen molar-refractivity contribution < 1.29 is 14.0 Å². The summed E-state index contributed by atoms with van der Waals surface area (Å²) in [5.74, 6) is -0.278. The molecule has 0 atom stereocenters. The third-order valence-corrected chi connectivity index (χ3v) is 3.79. The Balaban J connectivity index is 1.62. The first-order valence-electron chi connectivity index (χ1n) is 7.05. The lowest BCUT2D eigenvalue weighted by atomic mass is 10.1. The number of hydrogen-bond donors (Lipinski definition) is 3. The van der Waals surface area contributed by atoms with Gasteiger partial charge in [-0.15, -0.1) is 11.3 Å². The van der Waals surface area contributed by atoms with Gasteiger partial charge in [-0.05, 0) is 24.3 Å². The first kappa shape index (κ1) is 15.8. The highest BCUT2D eigenvalue weighted by atomic mass is 32.1. The van der Waals surface area contributed by atoms with Gasteiger partial charge in [0.2, 0.25) is 11.0 Å². The molecule has 0 saturated heterocycles. The Labute approximate surface area is 141 Å². The molecule has 0 bridgehead atoms. The van der Waals surface area contributed by atoms with Crippen molar-refractivity contribution in [1.82, 2.24) is 10.4 Å². The normalized spacial score (nSPS) is 10.2. The van der Waals surface area contributed by atoms with Crippen LogP contribution in [-0.4, -0.2) is 16.8 Å². The number of carbonyl (C=O) groups is 2. The van der Waals surface area contributed by atoms with Crippen molar-refractivity contribution in [3.8, 4) is 11.3 Å². The molecule has 3 N–H and O–H groups in total. The van der Waals surface area contributed by atoms with Crippen molar-refractivity contribution in [3.63, 3.8) is 0 Å². The van der Waals surface area contributed by atoms with Gasteiger partial charge in [-0.25, -0.2) is 4.98 Å². The van der Waals surface area contributed by atoms with Crippen molar-refractivity contribution >= 4 is 34.0 Å². The fraction of sp³-hybridized carbons (Fsp3) is 0.0625. The molecule has 2 heterocycles. The summed E-state index contributed by atoms with van der Waals surface area (Å²) in [5.41, 5.74) is 7.67. The molecule has 0 unspecified atom stereocenters. The highest BCUT2D eigenvalue weighted by Crippen LogP contribution is 2.25. The first-order chi connectivity index (χ1) is 11.6. The number of aromatic nitrogens is 1. The van der Waals surface area contributed by atoms with Gasteiger partial charge in [0, 0.05) is 23.6 Å². The zero-order valence-corrected chi connectivity index (χ0v) is 13.5. The van der Waals surface area contributed by atoms with Crippen LogP contribution in [-0.2, 0) is 4.79 Å². The zero-order valence-electron chi connectivity index (χ0n) is 12.7. The molecule has 8 heteroatoms. The second-order valence-electron chi connectivity index (χ2n) is 4.85. The Bertz CT molecular complexity index is 841. The molecule has 7 nitrogen and oxygen atoms in total. The average molecular weight is 342 g/mol. The number of furan rings is 1. The smallest absolute Gasteiger partial charge is 0.305 e. The van der Waals surface area contributed by atoms with Gasteiger partial charge >= 0.3 is 5.91 Å². The fourth-order valence-electron chi connectivity index (χ4n) is 1.97. The standard InChI is InChI=1S/C16H14N4O3S/c1-10(21)17-12-6-4-11(5-7-12)13-9-24-16(18-13)20-19-15(22)14-3-2-8-23-14/h2-9H,1H3,(H,17,21)(H,18,20)(H,19,22). The number of nitrogens with one attached hydrogen (secondary N) is 3. The van der Waals surface area contributed by atoms with E-state index in [0.29, 0.717) is 5.13 Å². The molecule has 0 fully saturated rings. The van der Waals surface area contributed by atoms with E-state index in [1.807, 2.05) is 29.6 Å². The number of thiazole rings is 1. The molecule has 122 valence electrons. The van der Waals surface area contributed by atoms with E-state index in [-0.39, 0.29) is 17.6 Å². The Morgan fingerprint density at radius 1 is 1.17 bits per heavy atom. The van der Waals surface area contributed by atoms with E-state index in [1.165, 1.54) is 24.5 Å². The Morgan fingerprint density at radius 3 is 2.62 bits per heavy atom. The molecule has 3 aromatic rings. The van der Waals surface area contributed by atoms with Crippen LogP contribution in [0.2, 0.25) is 0 Å². The maximum Gasteiger partial charge on any atom is 0.305 e. The van der Waals surface area contributed by atoms with Crippen molar-refractivity contribution in [3.05, 3.63) is 53.8 Å². The molecule has 2 aromatic heterocycles. The summed E-state index contributed by atoms with van der Waals surface area (Å²) in [4.78, 5) is 27.2. The van der Waals surface area contributed by atoms with Crippen molar-refractivity contribution in [1.29, 1.82) is 0 Å². The van der Waals surface area contributed by atoms with Gasteiger partial charge in [0.15, 0.2) is 5.76 Å². The molecule has 3 rings (SSSR count). The van der Waals surface area contributed by atoms with Crippen LogP contribution in [0.1, 0.15) is 17.5 Å². The number of amides is 2. The number of benzene rings is 1. The number of nitrogens with zero attached hydrogens (tertiary/aromatic N) is 1. The molecule has 0 radical (unpaired) electrons. The maximum absolute atomic E-state index is 11.8. The predicted octanol–water partition coefficient (Wildman–Crippen LogP) is 3.12. The Kier molecular flexibility index (Phi) is 4.57. The van der Waals surface area contributed by atoms with Gasteiger partial charge in [-0.3, -0.25) is 20.4 Å². The second kappa shape index (κ2) is 6.97. The van der Waals surface area contributed by atoms with Crippen LogP contribution in [0, 0.1) is 0 Å². The molecule has 24 heavy (non-hydrogen) atoms. The van der Waals surface area contributed by atoms with Crippen molar-refractivity contribution in [2.75, 3.05) is 10.7 Å². The van der Waals surface area contributed by atoms with Gasteiger partial charge in [-0.2, -0.15) is 0 Å². The summed E-state index contributed by atoms with van der Waals surface area (Å²) in [6.07, 6.45) is 1.43. The first-order valence-corrected chi connectivity index (χ1v) is 7.93. The van der Waals surface area contributed by atoms with Crippen LogP contribution in [0.3, 0.4) is 0 Å². The number of rotatable bonds is 5. The van der Waals surface area contributed by atoms with E-state index in [1.54, 1.807) is 12.1 Å². The van der Waals surface area contributed by atoms with Crippen LogP contribution < -0.4 is 16.2 Å². The summed E-state index contributed by atoms with van der Waals surface area (Å²) in [6, 6.07) is 10.6. The lowest BCUT2D eigenvalue weighted by molar-refractivity contribution is -0.114. The molecule has 0 saturated carbocycles. The van der Waals surface area contributed by atoms with Crippen LogP contribution in [0.25, 0.3) is 11.3 Å². The van der Waals surface area contributed by atoms with E-state index < -0.39 is 0 Å². The van der Waals surface area contributed by atoms with E-state index in [0.717, 1.165) is 16.9 Å². The van der Waals surface area contributed by atoms with Crippen LogP contribution in [0.4, 0.5) is 10.8 Å². The maximum atomic E-state index is 11.8. The highest BCUT2D eigenvalue weighted by molar-refractivity contribution is 7.14. The van der Waals surface area contributed by atoms with Crippen molar-refractivity contribution in [2.24, 2.45) is 0 Å². The van der Waals surface area contributed by atoms with Gasteiger partial charge in [-0.1, -0.05) is 12.1 Å². The summed E-state index contributed by atoms with van der Waals surface area (Å²) < 4.78 is 5.00. The van der Waals surface area contributed by atoms with E-state index in [4.69, 9.17) is 4.42 Å². The number of anilines is 2. The molecule has 0 aliphatic rings. The largest absolute Gasteiger partial charge is 0.459 e. The summed E-state index contributed by atoms with van der Waals surface area (Å²) >= 11 is 1.36. The van der Waals surface area contributed by atoms with Crippen molar-refractivity contribution in [2.45, 2.75) is 6.92 Å². The van der Waals surface area contributed by atoms with E-state index in [9.17, 15) is 9.59 Å². The van der Waals surface area contributed by atoms with Crippen LogP contribution in [0.5, 0.6) is 0 Å². The lowest BCUT2D eigenvalue weighted by Gasteiger charge is -2.04. The van der Waals surface area contributed by atoms with Crippen LogP contribution >= 0.6 is 11.3 Å². The molecule has 0 aliphatic carbocycles. The zero-order chi connectivity index (χ0) is 16.9. The molecule has 1 aromatic carbocycles. The lowest BCUT2D eigenvalue weighted by Crippen LogP contribution is -2.28. The van der Waals surface area contributed by atoms with Crippen LogP contribution in [0.15, 0.2) is 52.5 Å². The van der Waals surface area contributed by atoms with Gasteiger partial charge < -0.3 is 9.73 Å². The average Bonchev–Trinajstić information content (AvgIpc) is 3.25. The molecular weight excluding hydrogens is 328 g/mol. The molecular formula is C16H14N4O3S. The number of carbonyl (C=O) groups excluding carboxylic acids is 2. The minimum Gasteiger partial charge on any atom is -0.459 e. The van der Waals surface area contributed by atoms with E-state index >= 15 is 0 Å². The van der Waals surface area contributed by atoms with Gasteiger partial charge in [0.1, 0.15) is 0 Å². The monoisotopic (exact) mass is 342 g/mol. The number of hydrazine groups is 1. The molecule has 0 spiro atoms. The molecule has 0 aliphatic heterocycles. The highest BCUT2D eigenvalue weighted by Gasteiger charge is 2.09. The quantitative estimate of drug-likeness (QED) is 0.619. The predicted molar refractivity (Wildman–Crippen MR) is 91.7 cm³/mol. The third kappa shape index (κ3) is 3.79. The topological polar surface area (TPSA) is 96.3 Å². The van der Waals surface area contributed by atoms with Gasteiger partial charge in [0.25, 0.3) is 0 Å². The Hall–Kier alpha value is -3.13. The summed E-state index contributed by atoms with van der Waals surface area (Å²) in [5, 5.41) is 5.13. The number of hydrogen-bond acceptors (Lipinski definition) is 6. The minimum absolute atomic E-state index is 0.116.